The Morgan fingerprint density at radius 1 is 1.27 bits per heavy atom. The molecule has 0 aromatic rings. The quantitative estimate of drug-likeness (QED) is 0.356. The second kappa shape index (κ2) is 4.94. The number of hydrogen-bond donors (Lipinski definition) is 4. The molecule has 8 nitrogen and oxygen atoms in total. The second-order valence-corrected chi connectivity index (χ2v) is 2.88. The molecule has 1 aliphatic rings. The highest BCUT2D eigenvalue weighted by atomic mass is 16.4. The number of hydrazone groups is 1. The Morgan fingerprint density at radius 3 is 2.20 bits per heavy atom. The number of nitrogens with two attached hydrogens (primary N) is 1. The number of carbonyl (C=O) groups excluding carboxylic acids is 1. The first-order valence-corrected chi connectivity index (χ1v) is 4.24. The van der Waals surface area contributed by atoms with Gasteiger partial charge in [-0.05, 0) is 19.3 Å². The highest BCUT2D eigenvalue weighted by molar-refractivity contribution is 6.69. The van der Waals surface area contributed by atoms with Crippen LogP contribution in [0.3, 0.4) is 0 Å². The maximum absolute atomic E-state index is 10.4. The summed E-state index contributed by atoms with van der Waals surface area (Å²) in [5.41, 5.74) is 7.46. The molecular weight excluding hydrogens is 202 g/mol. The summed E-state index contributed by atoms with van der Waals surface area (Å²) >= 11 is 0. The van der Waals surface area contributed by atoms with Crippen LogP contribution in [-0.4, -0.2) is 33.6 Å². The zero-order valence-electron chi connectivity index (χ0n) is 7.84. The fraction of sp³-hybridized carbons (Fsp3) is 0.429. The minimum atomic E-state index is -0.845. The van der Waals surface area contributed by atoms with Crippen LogP contribution in [0.5, 0.6) is 0 Å². The molecule has 0 atom stereocenters. The Hall–Kier alpha value is -2.12. The van der Waals surface area contributed by atoms with Crippen molar-refractivity contribution in [2.24, 2.45) is 21.1 Å². The normalized spacial score (nSPS) is 24.7. The monoisotopic (exact) mass is 213 g/mol. The Kier molecular flexibility index (Phi) is 3.61. The molecule has 0 saturated heterocycles. The third-order valence-corrected chi connectivity index (χ3v) is 1.89. The van der Waals surface area contributed by atoms with E-state index in [1.165, 1.54) is 0 Å². The summed E-state index contributed by atoms with van der Waals surface area (Å²) < 4.78 is 0. The molecule has 82 valence electrons. The molecule has 0 bridgehead atoms. The van der Waals surface area contributed by atoms with E-state index in [0.717, 1.165) is 0 Å². The van der Waals surface area contributed by atoms with Crippen molar-refractivity contribution in [3.05, 3.63) is 0 Å². The van der Waals surface area contributed by atoms with Crippen molar-refractivity contribution >= 4 is 23.2 Å². The number of nitrogens with one attached hydrogen (secondary N) is 1. The number of primary amides is 1. The Balaban J connectivity index is 2.94. The minimum absolute atomic E-state index is 0.144. The predicted octanol–water partition coefficient (Wildman–Crippen LogP) is -0.145. The molecule has 0 aromatic heterocycles. The van der Waals surface area contributed by atoms with Crippen LogP contribution in [0.4, 0.5) is 4.79 Å². The van der Waals surface area contributed by atoms with Crippen molar-refractivity contribution in [2.45, 2.75) is 19.3 Å². The molecule has 1 saturated carbocycles. The van der Waals surface area contributed by atoms with Crippen molar-refractivity contribution in [2.75, 3.05) is 0 Å². The maximum Gasteiger partial charge on any atom is 0.332 e. The molecule has 1 aliphatic carbocycles. The first-order chi connectivity index (χ1) is 7.19. The highest BCUT2D eigenvalue weighted by Crippen LogP contribution is 2.11. The van der Waals surface area contributed by atoms with Gasteiger partial charge in [0, 0.05) is 0 Å². The molecule has 0 radical (unpaired) electrons. The molecular formula is C7H11N5O3. The average molecular weight is 213 g/mol. The van der Waals surface area contributed by atoms with Crippen LogP contribution in [0, 0.1) is 0 Å². The number of oxime groups is 2. The molecule has 1 rings (SSSR count). The van der Waals surface area contributed by atoms with Gasteiger partial charge in [-0.1, -0.05) is 10.3 Å². The van der Waals surface area contributed by atoms with Crippen LogP contribution >= 0.6 is 0 Å². The molecule has 0 spiro atoms. The van der Waals surface area contributed by atoms with Gasteiger partial charge in [0.2, 0.25) is 0 Å². The van der Waals surface area contributed by atoms with E-state index in [1.54, 1.807) is 0 Å². The zero-order valence-corrected chi connectivity index (χ0v) is 7.84. The lowest BCUT2D eigenvalue weighted by Crippen LogP contribution is -2.34. The number of rotatable bonds is 1. The van der Waals surface area contributed by atoms with E-state index in [2.05, 4.69) is 15.4 Å². The summed E-state index contributed by atoms with van der Waals surface area (Å²) in [4.78, 5) is 10.4. The van der Waals surface area contributed by atoms with Gasteiger partial charge in [-0.2, -0.15) is 5.10 Å². The third-order valence-electron chi connectivity index (χ3n) is 1.89. The van der Waals surface area contributed by atoms with E-state index >= 15 is 0 Å². The Morgan fingerprint density at radius 2 is 1.80 bits per heavy atom. The van der Waals surface area contributed by atoms with E-state index in [9.17, 15) is 4.79 Å². The van der Waals surface area contributed by atoms with Gasteiger partial charge in [0.1, 0.15) is 17.1 Å². The van der Waals surface area contributed by atoms with Gasteiger partial charge in [0.15, 0.2) is 0 Å². The van der Waals surface area contributed by atoms with Crippen molar-refractivity contribution in [3.8, 4) is 0 Å². The molecule has 2 amide bonds. The molecule has 8 heteroatoms. The standard InChI is InChI=1S/C7H11N5O3/c8-7(13)10-9-6-4(11-14)2-1-3-5(6)12-15/h14-15H,1-3H2,(H3,8,10,13)/b9-6?,11-4+,12-5?. The topological polar surface area (TPSA) is 133 Å². The van der Waals surface area contributed by atoms with Gasteiger partial charge in [-0.25, -0.2) is 10.2 Å². The Labute approximate surface area is 85.1 Å². The summed E-state index contributed by atoms with van der Waals surface area (Å²) in [6, 6.07) is -0.845. The number of amides is 2. The van der Waals surface area contributed by atoms with Crippen molar-refractivity contribution in [1.29, 1.82) is 0 Å². The maximum atomic E-state index is 10.4. The minimum Gasteiger partial charge on any atom is -0.411 e. The van der Waals surface area contributed by atoms with E-state index in [0.29, 0.717) is 19.3 Å². The van der Waals surface area contributed by atoms with Gasteiger partial charge in [0.25, 0.3) is 0 Å². The summed E-state index contributed by atoms with van der Waals surface area (Å²) in [6.45, 7) is 0. The first-order valence-electron chi connectivity index (χ1n) is 4.24. The van der Waals surface area contributed by atoms with Crippen LogP contribution in [0.25, 0.3) is 0 Å². The summed E-state index contributed by atoms with van der Waals surface area (Å²) in [5.74, 6) is 0. The van der Waals surface area contributed by atoms with Crippen LogP contribution < -0.4 is 11.2 Å². The lowest BCUT2D eigenvalue weighted by molar-refractivity contribution is 0.249. The lowest BCUT2D eigenvalue weighted by Gasteiger charge is -2.14. The molecule has 5 N–H and O–H groups in total. The number of hydrogen-bond acceptors (Lipinski definition) is 6. The fourth-order valence-corrected chi connectivity index (χ4v) is 1.26. The smallest absolute Gasteiger partial charge is 0.332 e. The Bertz CT molecular complexity index is 325. The second-order valence-electron chi connectivity index (χ2n) is 2.88. The van der Waals surface area contributed by atoms with Crippen LogP contribution in [0.2, 0.25) is 0 Å². The van der Waals surface area contributed by atoms with Crippen molar-refractivity contribution < 1.29 is 15.2 Å². The molecule has 0 unspecified atom stereocenters. The van der Waals surface area contributed by atoms with Gasteiger partial charge in [0.05, 0.1) is 0 Å². The third kappa shape index (κ3) is 2.66. The zero-order chi connectivity index (χ0) is 11.3. The molecule has 15 heavy (non-hydrogen) atoms. The summed E-state index contributed by atoms with van der Waals surface area (Å²) in [7, 11) is 0. The van der Waals surface area contributed by atoms with Gasteiger partial charge in [-0.3, -0.25) is 0 Å². The lowest BCUT2D eigenvalue weighted by atomic mass is 9.94. The summed E-state index contributed by atoms with van der Waals surface area (Å²) in [5, 5.41) is 26.9. The van der Waals surface area contributed by atoms with Crippen molar-refractivity contribution in [3.63, 3.8) is 0 Å². The highest BCUT2D eigenvalue weighted by Gasteiger charge is 2.23. The summed E-state index contributed by atoms with van der Waals surface area (Å²) in [6.07, 6.45) is 1.68. The number of nitrogens with zero attached hydrogens (tertiary/aromatic N) is 3. The van der Waals surface area contributed by atoms with Crippen LogP contribution in [0.1, 0.15) is 19.3 Å². The number of carbonyl (C=O) groups is 1. The number of urea groups is 1. The fourth-order valence-electron chi connectivity index (χ4n) is 1.26. The van der Waals surface area contributed by atoms with Gasteiger partial charge >= 0.3 is 6.03 Å². The van der Waals surface area contributed by atoms with Gasteiger partial charge < -0.3 is 16.1 Å². The predicted molar refractivity (Wildman–Crippen MR) is 52.4 cm³/mol. The van der Waals surface area contributed by atoms with Gasteiger partial charge in [-0.15, -0.1) is 0 Å². The molecule has 0 heterocycles. The van der Waals surface area contributed by atoms with Crippen LogP contribution in [0.15, 0.2) is 15.4 Å². The van der Waals surface area contributed by atoms with E-state index in [1.807, 2.05) is 5.43 Å². The van der Waals surface area contributed by atoms with E-state index in [-0.39, 0.29) is 17.1 Å². The first kappa shape index (κ1) is 11.0. The SMILES string of the molecule is NC(=O)NN=C1C(=NO)CCC/C1=N\O. The van der Waals surface area contributed by atoms with Crippen molar-refractivity contribution in [1.82, 2.24) is 5.43 Å². The van der Waals surface area contributed by atoms with Crippen LogP contribution in [-0.2, 0) is 0 Å². The van der Waals surface area contributed by atoms with E-state index < -0.39 is 6.03 Å². The molecule has 0 aliphatic heterocycles. The average Bonchev–Trinajstić information content (AvgIpc) is 2.25. The molecule has 1 fully saturated rings. The van der Waals surface area contributed by atoms with E-state index in [4.69, 9.17) is 16.1 Å². The largest absolute Gasteiger partial charge is 0.411 e. The molecule has 0 aromatic carbocycles.